The molecule has 1 aliphatic heterocycles. The minimum absolute atomic E-state index is 0.104. The number of rotatable bonds is 13. The molecule has 0 saturated heterocycles. The third-order valence-corrected chi connectivity index (χ3v) is 4.95. The molecule has 0 bridgehead atoms. The van der Waals surface area contributed by atoms with Crippen LogP contribution in [0.25, 0.3) is 5.57 Å². The first-order valence-electron chi connectivity index (χ1n) is 10.1. The summed E-state index contributed by atoms with van der Waals surface area (Å²) in [5.41, 5.74) is 1.42. The highest BCUT2D eigenvalue weighted by molar-refractivity contribution is 6.36. The number of amides is 2. The van der Waals surface area contributed by atoms with Gasteiger partial charge in [0.05, 0.1) is 24.9 Å². The van der Waals surface area contributed by atoms with E-state index in [2.05, 4.69) is 0 Å². The summed E-state index contributed by atoms with van der Waals surface area (Å²) < 4.78 is 16.0. The van der Waals surface area contributed by atoms with Gasteiger partial charge in [-0.3, -0.25) is 14.5 Å². The Morgan fingerprint density at radius 3 is 2.10 bits per heavy atom. The van der Waals surface area contributed by atoms with Crippen molar-refractivity contribution in [2.75, 3.05) is 53.7 Å². The molecule has 8 heteroatoms. The van der Waals surface area contributed by atoms with E-state index in [1.54, 1.807) is 38.5 Å². The number of methoxy groups -OCH3 is 2. The number of benzene rings is 1. The van der Waals surface area contributed by atoms with Crippen LogP contribution in [0.15, 0.2) is 30.0 Å². The monoisotopic (exact) mass is 438 g/mol. The molecule has 7 nitrogen and oxygen atoms in total. The highest BCUT2D eigenvalue weighted by Gasteiger charge is 2.41. The summed E-state index contributed by atoms with van der Waals surface area (Å²) in [5.74, 6) is -0.608. The molecule has 1 aromatic rings. The van der Waals surface area contributed by atoms with Crippen molar-refractivity contribution in [3.63, 3.8) is 0 Å². The molecule has 0 fully saturated rings. The molecule has 166 valence electrons. The predicted octanol–water partition coefficient (Wildman–Crippen LogP) is 2.83. The predicted molar refractivity (Wildman–Crippen MR) is 116 cm³/mol. The molecule has 30 heavy (non-hydrogen) atoms. The van der Waals surface area contributed by atoms with Crippen molar-refractivity contribution in [1.82, 2.24) is 9.80 Å². The van der Waals surface area contributed by atoms with Crippen LogP contribution in [-0.2, 0) is 23.8 Å². The van der Waals surface area contributed by atoms with Gasteiger partial charge in [0.1, 0.15) is 5.70 Å². The van der Waals surface area contributed by atoms with Crippen LogP contribution in [0, 0.1) is 0 Å². The first kappa shape index (κ1) is 24.3. The summed E-state index contributed by atoms with van der Waals surface area (Å²) in [6, 6.07) is 6.96. The lowest BCUT2D eigenvalue weighted by atomic mass is 10.0. The third-order valence-electron chi connectivity index (χ3n) is 4.70. The smallest absolute Gasteiger partial charge is 0.277 e. The van der Waals surface area contributed by atoms with Gasteiger partial charge in [-0.1, -0.05) is 23.7 Å². The number of nitrogens with zero attached hydrogens (tertiary/aromatic N) is 2. The molecular formula is C22H31ClN2O5. The fourth-order valence-corrected chi connectivity index (χ4v) is 3.34. The van der Waals surface area contributed by atoms with Crippen molar-refractivity contribution >= 4 is 29.0 Å². The van der Waals surface area contributed by atoms with Gasteiger partial charge in [0.15, 0.2) is 0 Å². The number of carbonyl (C=O) groups is 2. The standard InChI is InChI=1S/C22H31ClN2O5/c1-16(2)30-13-5-10-25-21(26)19(17-6-8-18(23)9-7-17)20(22(25)27)24(11-14-28-3)12-15-29-4/h6-9,16H,5,10-15H2,1-4H3. The summed E-state index contributed by atoms with van der Waals surface area (Å²) in [4.78, 5) is 29.8. The Morgan fingerprint density at radius 1 is 0.967 bits per heavy atom. The van der Waals surface area contributed by atoms with Crippen molar-refractivity contribution in [2.24, 2.45) is 0 Å². The van der Waals surface area contributed by atoms with Crippen LogP contribution < -0.4 is 0 Å². The van der Waals surface area contributed by atoms with Gasteiger partial charge in [0.25, 0.3) is 11.8 Å². The van der Waals surface area contributed by atoms with Crippen molar-refractivity contribution < 1.29 is 23.8 Å². The van der Waals surface area contributed by atoms with Crippen LogP contribution in [-0.4, -0.2) is 81.4 Å². The molecule has 0 aliphatic carbocycles. The largest absolute Gasteiger partial charge is 0.383 e. The van der Waals surface area contributed by atoms with Crippen LogP contribution in [0.5, 0.6) is 0 Å². The fourth-order valence-electron chi connectivity index (χ4n) is 3.22. The molecular weight excluding hydrogens is 408 g/mol. The Hall–Kier alpha value is -1.93. The molecule has 0 unspecified atom stereocenters. The minimum Gasteiger partial charge on any atom is -0.383 e. The van der Waals surface area contributed by atoms with E-state index in [-0.39, 0.29) is 17.9 Å². The molecule has 0 spiro atoms. The van der Waals surface area contributed by atoms with Crippen LogP contribution >= 0.6 is 11.6 Å². The van der Waals surface area contributed by atoms with Crippen molar-refractivity contribution in [3.8, 4) is 0 Å². The molecule has 0 aromatic heterocycles. The molecule has 0 atom stereocenters. The van der Waals surface area contributed by atoms with Crippen LogP contribution in [0.1, 0.15) is 25.8 Å². The lowest BCUT2D eigenvalue weighted by Crippen LogP contribution is -2.38. The van der Waals surface area contributed by atoms with Crippen LogP contribution in [0.3, 0.4) is 0 Å². The van der Waals surface area contributed by atoms with Gasteiger partial charge >= 0.3 is 0 Å². The first-order chi connectivity index (χ1) is 14.4. The minimum atomic E-state index is -0.304. The van der Waals surface area contributed by atoms with Gasteiger partial charge in [-0.15, -0.1) is 0 Å². The van der Waals surface area contributed by atoms with Gasteiger partial charge in [-0.2, -0.15) is 0 Å². The average molecular weight is 439 g/mol. The molecule has 1 heterocycles. The third kappa shape index (κ3) is 6.28. The van der Waals surface area contributed by atoms with Gasteiger partial charge in [0.2, 0.25) is 0 Å². The van der Waals surface area contributed by atoms with E-state index in [1.807, 2.05) is 18.7 Å². The highest BCUT2D eigenvalue weighted by Crippen LogP contribution is 2.32. The number of imide groups is 1. The maximum absolute atomic E-state index is 13.3. The number of hydrogen-bond donors (Lipinski definition) is 0. The summed E-state index contributed by atoms with van der Waals surface area (Å²) >= 11 is 6.02. The van der Waals surface area contributed by atoms with E-state index in [9.17, 15) is 9.59 Å². The normalized spacial score (nSPS) is 14.4. The molecule has 0 N–H and O–H groups in total. The van der Waals surface area contributed by atoms with Crippen LogP contribution in [0.4, 0.5) is 0 Å². The van der Waals surface area contributed by atoms with E-state index < -0.39 is 0 Å². The second-order valence-corrected chi connectivity index (χ2v) is 7.67. The molecule has 0 radical (unpaired) electrons. The average Bonchev–Trinajstić information content (AvgIpc) is 2.96. The number of carbonyl (C=O) groups excluding carboxylic acids is 2. The Balaban J connectivity index is 2.36. The van der Waals surface area contributed by atoms with Gasteiger partial charge in [0, 0.05) is 45.5 Å². The van der Waals surface area contributed by atoms with E-state index >= 15 is 0 Å². The molecule has 2 amide bonds. The van der Waals surface area contributed by atoms with Crippen molar-refractivity contribution in [2.45, 2.75) is 26.4 Å². The maximum atomic E-state index is 13.3. The first-order valence-corrected chi connectivity index (χ1v) is 10.5. The summed E-state index contributed by atoms with van der Waals surface area (Å²) in [7, 11) is 3.21. The molecule has 1 aromatic carbocycles. The Morgan fingerprint density at radius 2 is 1.57 bits per heavy atom. The Bertz CT molecular complexity index is 740. The van der Waals surface area contributed by atoms with Crippen molar-refractivity contribution in [3.05, 3.63) is 40.5 Å². The second-order valence-electron chi connectivity index (χ2n) is 7.24. The summed E-state index contributed by atoms with van der Waals surface area (Å²) in [6.45, 7) is 6.47. The molecule has 1 aliphatic rings. The maximum Gasteiger partial charge on any atom is 0.277 e. The lowest BCUT2D eigenvalue weighted by Gasteiger charge is -2.25. The zero-order chi connectivity index (χ0) is 22.1. The number of halogens is 1. The van der Waals surface area contributed by atoms with Crippen molar-refractivity contribution in [1.29, 1.82) is 0 Å². The van der Waals surface area contributed by atoms with Crippen LogP contribution in [0.2, 0.25) is 5.02 Å². The number of ether oxygens (including phenoxy) is 3. The summed E-state index contributed by atoms with van der Waals surface area (Å²) in [5, 5.41) is 0.566. The van der Waals surface area contributed by atoms with E-state index in [4.69, 9.17) is 25.8 Å². The zero-order valence-corrected chi connectivity index (χ0v) is 18.9. The lowest BCUT2D eigenvalue weighted by molar-refractivity contribution is -0.137. The zero-order valence-electron chi connectivity index (χ0n) is 18.2. The quantitative estimate of drug-likeness (QED) is 0.348. The van der Waals surface area contributed by atoms with E-state index in [0.29, 0.717) is 67.7 Å². The molecule has 0 saturated carbocycles. The molecule has 2 rings (SSSR count). The second kappa shape index (κ2) is 12.1. The highest BCUT2D eigenvalue weighted by atomic mass is 35.5. The van der Waals surface area contributed by atoms with E-state index in [1.165, 1.54) is 4.90 Å². The topological polar surface area (TPSA) is 68.3 Å². The van der Waals surface area contributed by atoms with Gasteiger partial charge < -0.3 is 19.1 Å². The number of hydrogen-bond acceptors (Lipinski definition) is 6. The SMILES string of the molecule is COCCN(CCOC)C1=C(c2ccc(Cl)cc2)C(=O)N(CCCOC(C)C)C1=O. The van der Waals surface area contributed by atoms with Gasteiger partial charge in [-0.05, 0) is 38.0 Å². The Kier molecular flexibility index (Phi) is 9.78. The summed E-state index contributed by atoms with van der Waals surface area (Å²) in [6.07, 6.45) is 0.680. The van der Waals surface area contributed by atoms with Gasteiger partial charge in [-0.25, -0.2) is 0 Å². The van der Waals surface area contributed by atoms with E-state index in [0.717, 1.165) is 0 Å². The Labute approximate surface area is 183 Å². The fraction of sp³-hybridized carbons (Fsp3) is 0.545.